The number of hydrogen-bond acceptors (Lipinski definition) is 4. The quantitative estimate of drug-likeness (QED) is 0.912. The first kappa shape index (κ1) is 15.3. The highest BCUT2D eigenvalue weighted by molar-refractivity contribution is 6.33. The van der Waals surface area contributed by atoms with Crippen LogP contribution in [0.25, 0.3) is 0 Å². The van der Waals surface area contributed by atoms with E-state index in [-0.39, 0.29) is 11.4 Å². The first-order valence-corrected chi connectivity index (χ1v) is 6.89. The van der Waals surface area contributed by atoms with Gasteiger partial charge in [-0.05, 0) is 32.9 Å². The van der Waals surface area contributed by atoms with E-state index in [1.807, 2.05) is 39.0 Å². The Morgan fingerprint density at radius 1 is 1.14 bits per heavy atom. The molecule has 0 aliphatic rings. The molecule has 0 unspecified atom stereocenters. The molecule has 2 aromatic rings. The zero-order chi connectivity index (χ0) is 15.5. The lowest BCUT2D eigenvalue weighted by Gasteiger charge is -2.20. The molecule has 0 spiro atoms. The third-order valence-electron chi connectivity index (χ3n) is 2.52. The highest BCUT2D eigenvalue weighted by Crippen LogP contribution is 2.22. The third-order valence-corrected chi connectivity index (χ3v) is 2.85. The highest BCUT2D eigenvalue weighted by Gasteiger charge is 2.15. The van der Waals surface area contributed by atoms with Crippen molar-refractivity contribution in [2.75, 3.05) is 5.32 Å². The Hall–Kier alpha value is -2.14. The van der Waals surface area contributed by atoms with Crippen molar-refractivity contribution < 1.29 is 4.79 Å². The van der Waals surface area contributed by atoms with E-state index in [1.54, 1.807) is 6.07 Å². The van der Waals surface area contributed by atoms with Gasteiger partial charge in [-0.15, -0.1) is 0 Å². The minimum atomic E-state index is -0.300. The predicted octanol–water partition coefficient (Wildman–Crippen LogP) is 3.40. The second-order valence-electron chi connectivity index (χ2n) is 5.60. The van der Waals surface area contributed by atoms with Crippen molar-refractivity contribution in [2.24, 2.45) is 0 Å². The summed E-state index contributed by atoms with van der Waals surface area (Å²) in [6, 6.07) is 7.30. The second-order valence-corrected chi connectivity index (χ2v) is 6.01. The summed E-state index contributed by atoms with van der Waals surface area (Å²) in [5.41, 5.74) is 0.826. The predicted molar refractivity (Wildman–Crippen MR) is 84.0 cm³/mol. The fourth-order valence-corrected chi connectivity index (χ4v) is 1.79. The molecule has 0 saturated heterocycles. The summed E-state index contributed by atoms with van der Waals surface area (Å²) in [7, 11) is 0. The number of anilines is 2. The molecule has 0 atom stereocenters. The molecule has 0 fully saturated rings. The largest absolute Gasteiger partial charge is 0.347 e. The Labute approximate surface area is 128 Å². The zero-order valence-corrected chi connectivity index (χ0v) is 12.9. The fourth-order valence-electron chi connectivity index (χ4n) is 1.61. The van der Waals surface area contributed by atoms with Crippen molar-refractivity contribution in [1.82, 2.24) is 15.3 Å². The zero-order valence-electron chi connectivity index (χ0n) is 12.1. The summed E-state index contributed by atoms with van der Waals surface area (Å²) in [6.07, 6.45) is 2.96. The van der Waals surface area contributed by atoms with Crippen molar-refractivity contribution in [1.29, 1.82) is 0 Å². The lowest BCUT2D eigenvalue weighted by Crippen LogP contribution is -2.40. The maximum Gasteiger partial charge on any atom is 0.254 e. The van der Waals surface area contributed by atoms with E-state index >= 15 is 0 Å². The standard InChI is InChI=1S/C15H17ClN4O/c1-15(2,3)20-13(21)10-8-17-14(18-9-10)19-12-7-5-4-6-11(12)16/h4-9H,1-3H3,(H,20,21)(H,17,18,19). The molecule has 0 bridgehead atoms. The number of benzene rings is 1. The topological polar surface area (TPSA) is 66.9 Å². The molecule has 1 aromatic carbocycles. The van der Waals surface area contributed by atoms with Gasteiger partial charge in [-0.25, -0.2) is 9.97 Å². The molecular formula is C15H17ClN4O. The van der Waals surface area contributed by atoms with E-state index in [9.17, 15) is 4.79 Å². The summed E-state index contributed by atoms with van der Waals surface area (Å²) in [6.45, 7) is 5.75. The molecule has 0 aliphatic carbocycles. The monoisotopic (exact) mass is 304 g/mol. The van der Waals surface area contributed by atoms with Crippen LogP contribution < -0.4 is 10.6 Å². The molecule has 21 heavy (non-hydrogen) atoms. The maximum absolute atomic E-state index is 12.0. The molecule has 1 heterocycles. The van der Waals surface area contributed by atoms with Gasteiger partial charge in [0.05, 0.1) is 16.3 Å². The van der Waals surface area contributed by atoms with Crippen molar-refractivity contribution >= 4 is 29.1 Å². The Kier molecular flexibility index (Phi) is 4.43. The summed E-state index contributed by atoms with van der Waals surface area (Å²) in [5.74, 6) is 0.183. The molecule has 2 N–H and O–H groups in total. The molecule has 110 valence electrons. The Bertz CT molecular complexity index is 635. The number of rotatable bonds is 3. The SMILES string of the molecule is CC(C)(C)NC(=O)c1cnc(Nc2ccccc2Cl)nc1. The summed E-state index contributed by atoms with van der Waals surface area (Å²) in [4.78, 5) is 20.2. The summed E-state index contributed by atoms with van der Waals surface area (Å²) < 4.78 is 0. The number of hydrogen-bond donors (Lipinski definition) is 2. The van der Waals surface area contributed by atoms with Crippen LogP contribution >= 0.6 is 11.6 Å². The van der Waals surface area contributed by atoms with Crippen LogP contribution in [-0.2, 0) is 0 Å². The molecule has 1 aromatic heterocycles. The van der Waals surface area contributed by atoms with Crippen LogP contribution in [0.2, 0.25) is 5.02 Å². The molecule has 0 aliphatic heterocycles. The van der Waals surface area contributed by atoms with Gasteiger partial charge in [0.25, 0.3) is 5.91 Å². The van der Waals surface area contributed by atoms with E-state index < -0.39 is 0 Å². The molecule has 6 heteroatoms. The number of amides is 1. The maximum atomic E-state index is 12.0. The van der Waals surface area contributed by atoms with E-state index in [0.29, 0.717) is 22.2 Å². The van der Waals surface area contributed by atoms with Crippen LogP contribution in [0.1, 0.15) is 31.1 Å². The number of nitrogens with zero attached hydrogens (tertiary/aromatic N) is 2. The molecular weight excluding hydrogens is 288 g/mol. The first-order chi connectivity index (χ1) is 9.85. The van der Waals surface area contributed by atoms with Crippen molar-refractivity contribution in [3.05, 3.63) is 47.2 Å². The summed E-state index contributed by atoms with van der Waals surface area (Å²) >= 11 is 6.05. The normalized spacial score (nSPS) is 11.0. The second kappa shape index (κ2) is 6.10. The number of aromatic nitrogens is 2. The van der Waals surface area contributed by atoms with Crippen molar-refractivity contribution in [2.45, 2.75) is 26.3 Å². The first-order valence-electron chi connectivity index (χ1n) is 6.51. The fraction of sp³-hybridized carbons (Fsp3) is 0.267. The van der Waals surface area contributed by atoms with Crippen LogP contribution in [0.5, 0.6) is 0 Å². The van der Waals surface area contributed by atoms with Crippen molar-refractivity contribution in [3.8, 4) is 0 Å². The van der Waals surface area contributed by atoms with Crippen LogP contribution in [-0.4, -0.2) is 21.4 Å². The van der Waals surface area contributed by atoms with Crippen LogP contribution in [0, 0.1) is 0 Å². The van der Waals surface area contributed by atoms with Crippen LogP contribution in [0.4, 0.5) is 11.6 Å². The van der Waals surface area contributed by atoms with Crippen molar-refractivity contribution in [3.63, 3.8) is 0 Å². The van der Waals surface area contributed by atoms with Gasteiger partial charge in [0.1, 0.15) is 0 Å². The van der Waals surface area contributed by atoms with E-state index in [4.69, 9.17) is 11.6 Å². The van der Waals surface area contributed by atoms with Gasteiger partial charge in [-0.3, -0.25) is 4.79 Å². The lowest BCUT2D eigenvalue weighted by molar-refractivity contribution is 0.0919. The van der Waals surface area contributed by atoms with E-state index in [2.05, 4.69) is 20.6 Å². The van der Waals surface area contributed by atoms with Crippen LogP contribution in [0.15, 0.2) is 36.7 Å². The van der Waals surface area contributed by atoms with Gasteiger partial charge in [0.15, 0.2) is 0 Å². The third kappa shape index (κ3) is 4.43. The minimum Gasteiger partial charge on any atom is -0.347 e. The Morgan fingerprint density at radius 2 is 1.76 bits per heavy atom. The van der Waals surface area contributed by atoms with Gasteiger partial charge in [0.2, 0.25) is 5.95 Å². The van der Waals surface area contributed by atoms with Gasteiger partial charge >= 0.3 is 0 Å². The van der Waals surface area contributed by atoms with Gasteiger partial charge in [-0.2, -0.15) is 0 Å². The number of carbonyl (C=O) groups excluding carboxylic acids is 1. The van der Waals surface area contributed by atoms with Gasteiger partial charge in [-0.1, -0.05) is 23.7 Å². The molecule has 0 saturated carbocycles. The minimum absolute atomic E-state index is 0.202. The smallest absolute Gasteiger partial charge is 0.254 e. The van der Waals surface area contributed by atoms with Gasteiger partial charge < -0.3 is 10.6 Å². The number of para-hydroxylation sites is 1. The molecule has 0 radical (unpaired) electrons. The average Bonchev–Trinajstić information content (AvgIpc) is 2.40. The molecule has 5 nitrogen and oxygen atoms in total. The number of carbonyl (C=O) groups is 1. The summed E-state index contributed by atoms with van der Waals surface area (Å²) in [5, 5.41) is 6.43. The Balaban J connectivity index is 2.09. The number of nitrogens with one attached hydrogen (secondary N) is 2. The van der Waals surface area contributed by atoms with E-state index in [0.717, 1.165) is 0 Å². The highest BCUT2D eigenvalue weighted by atomic mass is 35.5. The van der Waals surface area contributed by atoms with Gasteiger partial charge in [0, 0.05) is 17.9 Å². The van der Waals surface area contributed by atoms with Crippen LogP contribution in [0.3, 0.4) is 0 Å². The molecule has 2 rings (SSSR count). The lowest BCUT2D eigenvalue weighted by atomic mass is 10.1. The number of halogens is 1. The molecule has 1 amide bonds. The average molecular weight is 305 g/mol. The van der Waals surface area contributed by atoms with E-state index in [1.165, 1.54) is 12.4 Å². The Morgan fingerprint density at radius 3 is 2.33 bits per heavy atom.